The first-order chi connectivity index (χ1) is 6.49. The van der Waals surface area contributed by atoms with Gasteiger partial charge in [-0.3, -0.25) is 4.79 Å². The topological polar surface area (TPSA) is 40.5 Å². The lowest BCUT2D eigenvalue weighted by molar-refractivity contribution is -0.137. The van der Waals surface area contributed by atoms with Crippen molar-refractivity contribution in [1.29, 1.82) is 0 Å². The lowest BCUT2D eigenvalue weighted by Gasteiger charge is -2.30. The molecule has 0 bridgehead atoms. The number of hydrogen-bond donors (Lipinski definition) is 1. The zero-order valence-electron chi connectivity index (χ0n) is 9.79. The summed E-state index contributed by atoms with van der Waals surface area (Å²) in [6.45, 7) is 10.6. The molecule has 1 unspecified atom stereocenters. The van der Waals surface area contributed by atoms with Crippen LogP contribution in [0.25, 0.3) is 0 Å². The largest absolute Gasteiger partial charge is 0.481 e. The van der Waals surface area contributed by atoms with Crippen molar-refractivity contribution < 1.29 is 9.90 Å². The maximum Gasteiger partial charge on any atom is 0.303 e. The highest BCUT2D eigenvalue weighted by Gasteiger charge is 2.14. The second kappa shape index (κ2) is 6.82. The molecule has 0 saturated carbocycles. The van der Waals surface area contributed by atoms with Gasteiger partial charge in [0.2, 0.25) is 0 Å². The Morgan fingerprint density at radius 1 is 1.36 bits per heavy atom. The van der Waals surface area contributed by atoms with Crippen LogP contribution in [-0.2, 0) is 4.79 Å². The fraction of sp³-hybridized carbons (Fsp3) is 0.909. The molecule has 0 rings (SSSR count). The van der Waals surface area contributed by atoms with E-state index in [2.05, 4.69) is 32.6 Å². The van der Waals surface area contributed by atoms with E-state index in [1.807, 2.05) is 0 Å². The van der Waals surface area contributed by atoms with Gasteiger partial charge >= 0.3 is 5.97 Å². The van der Waals surface area contributed by atoms with E-state index < -0.39 is 5.97 Å². The van der Waals surface area contributed by atoms with E-state index in [1.165, 1.54) is 0 Å². The molecule has 0 fully saturated rings. The summed E-state index contributed by atoms with van der Waals surface area (Å²) in [5.41, 5.74) is 0. The van der Waals surface area contributed by atoms with Crippen LogP contribution in [0.4, 0.5) is 0 Å². The van der Waals surface area contributed by atoms with Gasteiger partial charge < -0.3 is 10.0 Å². The average molecular weight is 201 g/mol. The molecule has 0 saturated heterocycles. The van der Waals surface area contributed by atoms with Crippen LogP contribution >= 0.6 is 0 Å². The fourth-order valence-electron chi connectivity index (χ4n) is 1.50. The molecular formula is C11H23NO2. The predicted octanol–water partition coefficient (Wildman–Crippen LogP) is 2.22. The van der Waals surface area contributed by atoms with E-state index in [4.69, 9.17) is 5.11 Å². The monoisotopic (exact) mass is 201 g/mol. The molecule has 3 heteroatoms. The van der Waals surface area contributed by atoms with E-state index in [0.717, 1.165) is 19.5 Å². The number of aliphatic carboxylic acids is 1. The SMILES string of the molecule is CCN(CCCC(=O)O)C(C)C(C)C. The molecule has 0 aromatic rings. The van der Waals surface area contributed by atoms with Crippen LogP contribution in [0.15, 0.2) is 0 Å². The first-order valence-electron chi connectivity index (χ1n) is 5.44. The Labute approximate surface area is 87.1 Å². The summed E-state index contributed by atoms with van der Waals surface area (Å²) in [5, 5.41) is 8.53. The normalized spacial score (nSPS) is 13.6. The highest BCUT2D eigenvalue weighted by atomic mass is 16.4. The van der Waals surface area contributed by atoms with Gasteiger partial charge in [-0.1, -0.05) is 20.8 Å². The summed E-state index contributed by atoms with van der Waals surface area (Å²) >= 11 is 0. The Morgan fingerprint density at radius 3 is 2.29 bits per heavy atom. The predicted molar refractivity (Wildman–Crippen MR) is 58.4 cm³/mol. The van der Waals surface area contributed by atoms with Gasteiger partial charge in [0.25, 0.3) is 0 Å². The molecule has 0 heterocycles. The molecule has 0 aliphatic carbocycles. The maximum atomic E-state index is 10.4. The molecule has 14 heavy (non-hydrogen) atoms. The van der Waals surface area contributed by atoms with E-state index >= 15 is 0 Å². The highest BCUT2D eigenvalue weighted by Crippen LogP contribution is 2.10. The van der Waals surface area contributed by atoms with Crippen LogP contribution in [0.1, 0.15) is 40.5 Å². The first-order valence-corrected chi connectivity index (χ1v) is 5.44. The summed E-state index contributed by atoms with van der Waals surface area (Å²) in [5.74, 6) is -0.0713. The number of nitrogens with zero attached hydrogens (tertiary/aromatic N) is 1. The van der Waals surface area contributed by atoms with Crippen molar-refractivity contribution in [3.8, 4) is 0 Å². The van der Waals surface area contributed by atoms with Crippen LogP contribution in [-0.4, -0.2) is 35.1 Å². The van der Waals surface area contributed by atoms with E-state index in [-0.39, 0.29) is 6.42 Å². The summed E-state index contributed by atoms with van der Waals surface area (Å²) in [6, 6.07) is 0.536. The third-order valence-corrected chi connectivity index (χ3v) is 2.78. The van der Waals surface area contributed by atoms with Crippen molar-refractivity contribution >= 4 is 5.97 Å². The van der Waals surface area contributed by atoms with Gasteiger partial charge in [0.05, 0.1) is 0 Å². The van der Waals surface area contributed by atoms with E-state index in [1.54, 1.807) is 0 Å². The van der Waals surface area contributed by atoms with Gasteiger partial charge in [0.15, 0.2) is 0 Å². The Bertz CT molecular complexity index is 169. The van der Waals surface area contributed by atoms with Crippen molar-refractivity contribution in [2.75, 3.05) is 13.1 Å². The third-order valence-electron chi connectivity index (χ3n) is 2.78. The van der Waals surface area contributed by atoms with Gasteiger partial charge in [-0.25, -0.2) is 0 Å². The smallest absolute Gasteiger partial charge is 0.303 e. The molecule has 0 aromatic carbocycles. The number of rotatable bonds is 7. The minimum atomic E-state index is -0.696. The molecule has 0 radical (unpaired) electrons. The van der Waals surface area contributed by atoms with Gasteiger partial charge in [0.1, 0.15) is 0 Å². The van der Waals surface area contributed by atoms with Gasteiger partial charge in [-0.05, 0) is 32.4 Å². The van der Waals surface area contributed by atoms with Crippen LogP contribution in [0.3, 0.4) is 0 Å². The molecule has 3 nitrogen and oxygen atoms in total. The van der Waals surface area contributed by atoms with Gasteiger partial charge in [-0.2, -0.15) is 0 Å². The van der Waals surface area contributed by atoms with Crippen molar-refractivity contribution in [2.24, 2.45) is 5.92 Å². The van der Waals surface area contributed by atoms with Crippen LogP contribution < -0.4 is 0 Å². The average Bonchev–Trinajstić information content (AvgIpc) is 2.10. The lowest BCUT2D eigenvalue weighted by atomic mass is 10.0. The molecular weight excluding hydrogens is 178 g/mol. The number of hydrogen-bond acceptors (Lipinski definition) is 2. The molecule has 1 N–H and O–H groups in total. The molecule has 0 aliphatic rings. The Kier molecular flexibility index (Phi) is 6.54. The highest BCUT2D eigenvalue weighted by molar-refractivity contribution is 5.66. The second-order valence-corrected chi connectivity index (χ2v) is 4.11. The Morgan fingerprint density at radius 2 is 1.93 bits per heavy atom. The van der Waals surface area contributed by atoms with Gasteiger partial charge in [0, 0.05) is 12.5 Å². The van der Waals surface area contributed by atoms with Crippen molar-refractivity contribution in [1.82, 2.24) is 4.90 Å². The van der Waals surface area contributed by atoms with Gasteiger partial charge in [-0.15, -0.1) is 0 Å². The first kappa shape index (κ1) is 13.4. The van der Waals surface area contributed by atoms with Crippen LogP contribution in [0.2, 0.25) is 0 Å². The van der Waals surface area contributed by atoms with Crippen LogP contribution in [0, 0.1) is 5.92 Å². The van der Waals surface area contributed by atoms with Crippen molar-refractivity contribution in [3.63, 3.8) is 0 Å². The zero-order chi connectivity index (χ0) is 11.1. The molecule has 84 valence electrons. The zero-order valence-corrected chi connectivity index (χ0v) is 9.79. The van der Waals surface area contributed by atoms with E-state index in [0.29, 0.717) is 12.0 Å². The van der Waals surface area contributed by atoms with E-state index in [9.17, 15) is 4.79 Å². The summed E-state index contributed by atoms with van der Waals surface area (Å²) in [6.07, 6.45) is 1.03. The lowest BCUT2D eigenvalue weighted by Crippen LogP contribution is -2.37. The molecule has 0 aromatic heterocycles. The Balaban J connectivity index is 3.84. The summed E-state index contributed by atoms with van der Waals surface area (Å²) < 4.78 is 0. The second-order valence-electron chi connectivity index (χ2n) is 4.11. The number of carbonyl (C=O) groups is 1. The molecule has 0 aliphatic heterocycles. The molecule has 1 atom stereocenters. The number of carboxylic acids is 1. The number of carboxylic acid groups (broad SMARTS) is 1. The van der Waals surface area contributed by atoms with Crippen molar-refractivity contribution in [2.45, 2.75) is 46.6 Å². The molecule has 0 spiro atoms. The summed E-state index contributed by atoms with van der Waals surface area (Å²) in [7, 11) is 0. The quantitative estimate of drug-likeness (QED) is 0.686. The van der Waals surface area contributed by atoms with Crippen LogP contribution in [0.5, 0.6) is 0 Å². The molecule has 0 amide bonds. The fourth-order valence-corrected chi connectivity index (χ4v) is 1.50. The van der Waals surface area contributed by atoms with Crippen molar-refractivity contribution in [3.05, 3.63) is 0 Å². The summed E-state index contributed by atoms with van der Waals surface area (Å²) in [4.78, 5) is 12.7. The maximum absolute atomic E-state index is 10.4. The minimum absolute atomic E-state index is 0.279. The standard InChI is InChI=1S/C11H23NO2/c1-5-12(10(4)9(2)3)8-6-7-11(13)14/h9-10H,5-8H2,1-4H3,(H,13,14). The Hall–Kier alpha value is -0.570. The third kappa shape index (κ3) is 5.22. The minimum Gasteiger partial charge on any atom is -0.481 e.